The number of unbranched alkanes of at least 4 members (excludes halogenated alkanes) is 34. The summed E-state index contributed by atoms with van der Waals surface area (Å²) in [7, 11) is 0. The van der Waals surface area contributed by atoms with Gasteiger partial charge in [-0.15, -0.1) is 0 Å². The molecule has 1 atom stereocenters. The highest BCUT2D eigenvalue weighted by Crippen LogP contribution is 2.17. The standard InChI is InChI=1S/C61H110O6/c1-4-7-10-13-16-19-22-25-28-30-33-36-39-42-45-48-51-54-60(63)66-57-58(56-65-59(62)53-50-47-44-41-38-35-32-27-24-21-18-15-12-9-6-3)67-61(64)55-52-49-46-43-40-37-34-31-29-26-23-20-17-14-11-8-5-2/h16,19,25,28,33,36,42,45,58H,4-15,17-18,20-24,26-27,29-32,34-35,37-41,43-44,46-57H2,1-3H3/b19-16-,28-25-,36-33-,45-42-. The number of ether oxygens (including phenoxy) is 3. The number of allylic oxidation sites excluding steroid dienone is 8. The Balaban J connectivity index is 4.42. The van der Waals surface area contributed by atoms with Crippen LogP contribution in [0.15, 0.2) is 48.6 Å². The maximum atomic E-state index is 12.9. The zero-order chi connectivity index (χ0) is 48.6. The average Bonchev–Trinajstić information content (AvgIpc) is 3.33. The lowest BCUT2D eigenvalue weighted by Crippen LogP contribution is -2.30. The Bertz CT molecular complexity index is 1170. The van der Waals surface area contributed by atoms with E-state index in [2.05, 4.69) is 69.4 Å². The number of rotatable bonds is 53. The smallest absolute Gasteiger partial charge is 0.306 e. The van der Waals surface area contributed by atoms with Crippen molar-refractivity contribution in [1.82, 2.24) is 0 Å². The highest BCUT2D eigenvalue weighted by Gasteiger charge is 2.19. The largest absolute Gasteiger partial charge is 0.462 e. The van der Waals surface area contributed by atoms with Gasteiger partial charge in [0.05, 0.1) is 0 Å². The molecule has 0 rings (SSSR count). The molecule has 0 aliphatic rings. The zero-order valence-corrected chi connectivity index (χ0v) is 44.7. The molecule has 0 saturated carbocycles. The number of hydrogen-bond donors (Lipinski definition) is 0. The fourth-order valence-electron chi connectivity index (χ4n) is 8.44. The molecule has 1 unspecified atom stereocenters. The van der Waals surface area contributed by atoms with Crippen molar-refractivity contribution in [2.24, 2.45) is 0 Å². The predicted octanol–water partition coefficient (Wildman–Crippen LogP) is 19.4. The van der Waals surface area contributed by atoms with Crippen molar-refractivity contribution >= 4 is 17.9 Å². The van der Waals surface area contributed by atoms with Crippen LogP contribution in [0.3, 0.4) is 0 Å². The monoisotopic (exact) mass is 939 g/mol. The van der Waals surface area contributed by atoms with Crippen LogP contribution in [0.1, 0.15) is 303 Å². The summed E-state index contributed by atoms with van der Waals surface area (Å²) in [5.41, 5.74) is 0. The first-order valence-electron chi connectivity index (χ1n) is 29.1. The Labute approximate surface area is 416 Å². The van der Waals surface area contributed by atoms with Gasteiger partial charge in [-0.25, -0.2) is 0 Å². The summed E-state index contributed by atoms with van der Waals surface area (Å²) in [6.45, 7) is 6.61. The summed E-state index contributed by atoms with van der Waals surface area (Å²) < 4.78 is 16.8. The van der Waals surface area contributed by atoms with Gasteiger partial charge in [0.15, 0.2) is 6.10 Å². The third-order valence-corrected chi connectivity index (χ3v) is 12.8. The minimum atomic E-state index is -0.791. The van der Waals surface area contributed by atoms with Crippen LogP contribution >= 0.6 is 0 Å². The van der Waals surface area contributed by atoms with Crippen LogP contribution < -0.4 is 0 Å². The highest BCUT2D eigenvalue weighted by atomic mass is 16.6. The van der Waals surface area contributed by atoms with Crippen molar-refractivity contribution in [2.75, 3.05) is 13.2 Å². The molecule has 0 aromatic carbocycles. The second-order valence-corrected chi connectivity index (χ2v) is 19.6. The molecule has 0 fully saturated rings. The van der Waals surface area contributed by atoms with Gasteiger partial charge in [-0.2, -0.15) is 0 Å². The van der Waals surface area contributed by atoms with Crippen LogP contribution in [0, 0.1) is 0 Å². The van der Waals surface area contributed by atoms with Crippen LogP contribution in [0.4, 0.5) is 0 Å². The fraction of sp³-hybridized carbons (Fsp3) is 0.820. The number of carbonyl (C=O) groups is 3. The summed E-state index contributed by atoms with van der Waals surface area (Å²) >= 11 is 0. The van der Waals surface area contributed by atoms with Crippen molar-refractivity contribution < 1.29 is 28.6 Å². The fourth-order valence-corrected chi connectivity index (χ4v) is 8.44. The minimum absolute atomic E-state index is 0.0855. The van der Waals surface area contributed by atoms with Crippen molar-refractivity contribution in [3.8, 4) is 0 Å². The quantitative estimate of drug-likeness (QED) is 0.0262. The lowest BCUT2D eigenvalue weighted by molar-refractivity contribution is -0.167. The van der Waals surface area contributed by atoms with Gasteiger partial charge in [0.25, 0.3) is 0 Å². The molecule has 6 heteroatoms. The molecule has 0 aromatic heterocycles. The van der Waals surface area contributed by atoms with Gasteiger partial charge in [0.1, 0.15) is 13.2 Å². The molecular weight excluding hydrogens is 829 g/mol. The predicted molar refractivity (Wildman–Crippen MR) is 289 cm³/mol. The Hall–Kier alpha value is -2.63. The summed E-state index contributed by atoms with van der Waals surface area (Å²) in [6.07, 6.45) is 68.2. The summed E-state index contributed by atoms with van der Waals surface area (Å²) in [4.78, 5) is 38.1. The van der Waals surface area contributed by atoms with E-state index in [1.54, 1.807) is 0 Å². The normalized spacial score (nSPS) is 12.3. The SMILES string of the molecule is CCCCC/C=C\C/C=C\C/C=C\C/C=C\CCCC(=O)OCC(COC(=O)CCCCCCCCCCCCCCCCC)OC(=O)CCCCCCCCCCCCCCCCCCC. The van der Waals surface area contributed by atoms with E-state index >= 15 is 0 Å². The topological polar surface area (TPSA) is 78.9 Å². The van der Waals surface area contributed by atoms with Crippen molar-refractivity contribution in [2.45, 2.75) is 309 Å². The molecule has 67 heavy (non-hydrogen) atoms. The molecule has 0 aromatic rings. The Morgan fingerprint density at radius 2 is 0.552 bits per heavy atom. The third kappa shape index (κ3) is 54.2. The lowest BCUT2D eigenvalue weighted by Gasteiger charge is -2.18. The van der Waals surface area contributed by atoms with E-state index in [9.17, 15) is 14.4 Å². The summed E-state index contributed by atoms with van der Waals surface area (Å²) in [5.74, 6) is -0.926. The first-order chi connectivity index (χ1) is 33.0. The number of esters is 3. The van der Waals surface area contributed by atoms with Crippen LogP contribution in [-0.4, -0.2) is 37.2 Å². The maximum absolute atomic E-state index is 12.9. The van der Waals surface area contributed by atoms with Crippen LogP contribution in [-0.2, 0) is 28.6 Å². The Morgan fingerprint density at radius 3 is 0.896 bits per heavy atom. The van der Waals surface area contributed by atoms with E-state index in [0.29, 0.717) is 19.3 Å². The summed E-state index contributed by atoms with van der Waals surface area (Å²) in [6, 6.07) is 0. The number of hydrogen-bond acceptors (Lipinski definition) is 6. The molecule has 6 nitrogen and oxygen atoms in total. The molecule has 0 saturated heterocycles. The molecule has 0 N–H and O–H groups in total. The molecule has 0 radical (unpaired) electrons. The second-order valence-electron chi connectivity index (χ2n) is 19.6. The van der Waals surface area contributed by atoms with Crippen molar-refractivity contribution in [3.05, 3.63) is 48.6 Å². The van der Waals surface area contributed by atoms with Gasteiger partial charge >= 0.3 is 17.9 Å². The number of carbonyl (C=O) groups excluding carboxylic acids is 3. The maximum Gasteiger partial charge on any atom is 0.306 e. The van der Waals surface area contributed by atoms with E-state index in [1.807, 2.05) is 0 Å². The highest BCUT2D eigenvalue weighted by molar-refractivity contribution is 5.71. The van der Waals surface area contributed by atoms with E-state index in [1.165, 1.54) is 193 Å². The molecule has 0 heterocycles. The van der Waals surface area contributed by atoms with Gasteiger partial charge in [0, 0.05) is 19.3 Å². The van der Waals surface area contributed by atoms with Crippen molar-refractivity contribution in [1.29, 1.82) is 0 Å². The Kier molecular flexibility index (Phi) is 53.8. The van der Waals surface area contributed by atoms with E-state index in [-0.39, 0.29) is 37.5 Å². The van der Waals surface area contributed by atoms with E-state index in [0.717, 1.165) is 64.2 Å². The van der Waals surface area contributed by atoms with Gasteiger partial charge < -0.3 is 14.2 Å². The van der Waals surface area contributed by atoms with Gasteiger partial charge in [-0.05, 0) is 57.8 Å². The molecular formula is C61H110O6. The molecule has 0 bridgehead atoms. The molecule has 0 aliphatic carbocycles. The van der Waals surface area contributed by atoms with Gasteiger partial charge in [0.2, 0.25) is 0 Å². The third-order valence-electron chi connectivity index (χ3n) is 12.8. The van der Waals surface area contributed by atoms with E-state index < -0.39 is 6.10 Å². The molecule has 0 spiro atoms. The second kappa shape index (κ2) is 56.0. The van der Waals surface area contributed by atoms with Crippen LogP contribution in [0.25, 0.3) is 0 Å². The van der Waals surface area contributed by atoms with Crippen molar-refractivity contribution in [3.63, 3.8) is 0 Å². The van der Waals surface area contributed by atoms with E-state index in [4.69, 9.17) is 14.2 Å². The molecule has 0 amide bonds. The summed E-state index contributed by atoms with van der Waals surface area (Å²) in [5, 5.41) is 0. The van der Waals surface area contributed by atoms with Crippen LogP contribution in [0.5, 0.6) is 0 Å². The van der Waals surface area contributed by atoms with Gasteiger partial charge in [-0.1, -0.05) is 275 Å². The molecule has 0 aliphatic heterocycles. The average molecular weight is 940 g/mol. The zero-order valence-electron chi connectivity index (χ0n) is 44.7. The Morgan fingerprint density at radius 1 is 0.299 bits per heavy atom. The van der Waals surface area contributed by atoms with Crippen LogP contribution in [0.2, 0.25) is 0 Å². The minimum Gasteiger partial charge on any atom is -0.462 e. The first-order valence-corrected chi connectivity index (χ1v) is 29.1. The first kappa shape index (κ1) is 64.4. The molecule has 390 valence electrons. The van der Waals surface area contributed by atoms with Gasteiger partial charge in [-0.3, -0.25) is 14.4 Å². The lowest BCUT2D eigenvalue weighted by atomic mass is 10.0.